The van der Waals surface area contributed by atoms with Crippen molar-refractivity contribution >= 4 is 17.5 Å². The van der Waals surface area contributed by atoms with Crippen molar-refractivity contribution < 1.29 is 19.4 Å². The van der Waals surface area contributed by atoms with Gasteiger partial charge in [0.1, 0.15) is 12.7 Å². The first-order chi connectivity index (χ1) is 15.6. The van der Waals surface area contributed by atoms with Crippen LogP contribution < -0.4 is 5.32 Å². The quantitative estimate of drug-likeness (QED) is 0.600. The van der Waals surface area contributed by atoms with Gasteiger partial charge in [-0.05, 0) is 35.4 Å². The van der Waals surface area contributed by atoms with Crippen LogP contribution in [0.1, 0.15) is 22.9 Å². The molecule has 2 aromatic carbocycles. The lowest BCUT2D eigenvalue weighted by Crippen LogP contribution is -2.51. The molecule has 1 saturated heterocycles. The number of nitrogens with one attached hydrogen (secondary N) is 1. The van der Waals surface area contributed by atoms with E-state index in [0.717, 1.165) is 11.3 Å². The molecule has 2 unspecified atom stereocenters. The number of morpholine rings is 1. The van der Waals surface area contributed by atoms with Crippen LogP contribution in [0.15, 0.2) is 79.0 Å². The van der Waals surface area contributed by atoms with Crippen molar-refractivity contribution in [2.45, 2.75) is 25.1 Å². The molecule has 4 rings (SSSR count). The minimum absolute atomic E-state index is 0.0115. The fourth-order valence-corrected chi connectivity index (χ4v) is 3.73. The van der Waals surface area contributed by atoms with Crippen molar-refractivity contribution in [2.24, 2.45) is 0 Å². The second kappa shape index (κ2) is 10.2. The van der Waals surface area contributed by atoms with Gasteiger partial charge < -0.3 is 20.1 Å². The number of anilines is 1. The maximum Gasteiger partial charge on any atom is 0.249 e. The zero-order valence-electron chi connectivity index (χ0n) is 17.6. The lowest BCUT2D eigenvalue weighted by molar-refractivity contribution is -0.155. The van der Waals surface area contributed by atoms with E-state index in [4.69, 9.17) is 4.74 Å². The molecule has 32 heavy (non-hydrogen) atoms. The molecule has 0 radical (unpaired) electrons. The van der Waals surface area contributed by atoms with Crippen molar-refractivity contribution in [1.82, 2.24) is 9.88 Å². The number of benzene rings is 2. The fraction of sp³-hybridized carbons (Fsp3) is 0.240. The highest BCUT2D eigenvalue weighted by Gasteiger charge is 2.34. The average molecular weight is 431 g/mol. The first-order valence-corrected chi connectivity index (χ1v) is 10.5. The van der Waals surface area contributed by atoms with Crippen molar-refractivity contribution in [2.75, 3.05) is 18.5 Å². The Morgan fingerprint density at radius 1 is 1.09 bits per heavy atom. The summed E-state index contributed by atoms with van der Waals surface area (Å²) in [7, 11) is 0. The van der Waals surface area contributed by atoms with Crippen LogP contribution in [0.4, 0.5) is 5.69 Å². The van der Waals surface area contributed by atoms with Gasteiger partial charge in [0.05, 0.1) is 31.3 Å². The first kappa shape index (κ1) is 21.7. The van der Waals surface area contributed by atoms with E-state index in [1.54, 1.807) is 35.4 Å². The molecular formula is C25H25N3O4. The molecule has 2 N–H and O–H groups in total. The molecule has 3 aromatic rings. The minimum Gasteiger partial charge on any atom is -0.386 e. The van der Waals surface area contributed by atoms with E-state index in [-0.39, 0.29) is 31.4 Å². The Hall–Kier alpha value is -3.55. The Morgan fingerprint density at radius 2 is 1.84 bits per heavy atom. The third-order valence-corrected chi connectivity index (χ3v) is 5.40. The maximum atomic E-state index is 12.5. The molecule has 1 aliphatic heterocycles. The largest absolute Gasteiger partial charge is 0.386 e. The summed E-state index contributed by atoms with van der Waals surface area (Å²) in [5.41, 5.74) is 2.96. The van der Waals surface area contributed by atoms with Crippen molar-refractivity contribution in [1.29, 1.82) is 0 Å². The van der Waals surface area contributed by atoms with Gasteiger partial charge in [-0.15, -0.1) is 0 Å². The van der Waals surface area contributed by atoms with E-state index in [9.17, 15) is 14.7 Å². The Kier molecular flexibility index (Phi) is 6.89. The van der Waals surface area contributed by atoms with Gasteiger partial charge in [-0.1, -0.05) is 48.5 Å². The van der Waals surface area contributed by atoms with Crippen molar-refractivity contribution in [3.05, 3.63) is 95.8 Å². The van der Waals surface area contributed by atoms with Crippen LogP contribution in [-0.4, -0.2) is 46.1 Å². The monoisotopic (exact) mass is 431 g/mol. The number of aromatic nitrogens is 1. The Morgan fingerprint density at radius 3 is 2.56 bits per heavy atom. The molecule has 7 heteroatoms. The molecule has 0 aliphatic carbocycles. The van der Waals surface area contributed by atoms with Crippen LogP contribution in [0, 0.1) is 0 Å². The van der Waals surface area contributed by atoms with Crippen LogP contribution in [0.25, 0.3) is 0 Å². The van der Waals surface area contributed by atoms with E-state index in [0.29, 0.717) is 17.8 Å². The Labute approximate surface area is 186 Å². The average Bonchev–Trinajstić information content (AvgIpc) is 2.82. The third-order valence-electron chi connectivity index (χ3n) is 5.40. The number of ether oxygens (including phenoxy) is 1. The summed E-state index contributed by atoms with van der Waals surface area (Å²) >= 11 is 0. The topological polar surface area (TPSA) is 91.8 Å². The normalized spacial score (nSPS) is 17.1. The van der Waals surface area contributed by atoms with E-state index in [1.807, 2.05) is 48.5 Å². The molecular weight excluding hydrogens is 406 g/mol. The summed E-state index contributed by atoms with van der Waals surface area (Å²) in [5.74, 6) is -0.298. The SMILES string of the molecule is O=C(Cc1ccccc1)Nc1ccc(C(O)C2COCC(=O)N2Cc2ccccn2)cc1. The molecule has 0 bridgehead atoms. The molecule has 0 saturated carbocycles. The van der Waals surface area contributed by atoms with E-state index in [2.05, 4.69) is 10.3 Å². The summed E-state index contributed by atoms with van der Waals surface area (Å²) in [6.07, 6.45) is 1.03. The number of aliphatic hydroxyl groups is 1. The molecule has 2 atom stereocenters. The van der Waals surface area contributed by atoms with Gasteiger partial charge in [-0.3, -0.25) is 14.6 Å². The highest BCUT2D eigenvalue weighted by atomic mass is 16.5. The molecule has 7 nitrogen and oxygen atoms in total. The predicted octanol–water partition coefficient (Wildman–Crippen LogP) is 2.72. The Balaban J connectivity index is 1.42. The molecule has 1 aliphatic rings. The number of carbonyl (C=O) groups excluding carboxylic acids is 2. The molecule has 0 spiro atoms. The van der Waals surface area contributed by atoms with Crippen molar-refractivity contribution in [3.8, 4) is 0 Å². The standard InChI is InChI=1S/C25H25N3O4/c29-23(14-18-6-2-1-3-7-18)27-20-11-9-19(10-12-20)25(31)22-16-32-17-24(30)28(22)15-21-8-4-5-13-26-21/h1-13,22,25,31H,14-17H2,(H,27,29). The van der Waals surface area contributed by atoms with E-state index >= 15 is 0 Å². The molecule has 1 fully saturated rings. The van der Waals surface area contributed by atoms with Gasteiger partial charge in [0, 0.05) is 11.9 Å². The number of carbonyl (C=O) groups is 2. The van der Waals surface area contributed by atoms with Crippen molar-refractivity contribution in [3.63, 3.8) is 0 Å². The highest BCUT2D eigenvalue weighted by Crippen LogP contribution is 2.26. The number of hydrogen-bond acceptors (Lipinski definition) is 5. The number of rotatable bonds is 7. The van der Waals surface area contributed by atoms with Gasteiger partial charge in [0.2, 0.25) is 11.8 Å². The van der Waals surface area contributed by atoms with E-state index < -0.39 is 12.1 Å². The van der Waals surface area contributed by atoms with Gasteiger partial charge in [-0.2, -0.15) is 0 Å². The molecule has 2 amide bonds. The third kappa shape index (κ3) is 5.38. The summed E-state index contributed by atoms with van der Waals surface area (Å²) < 4.78 is 5.41. The maximum absolute atomic E-state index is 12.5. The minimum atomic E-state index is -0.933. The molecule has 1 aromatic heterocycles. The van der Waals surface area contributed by atoms with Crippen LogP contribution in [0.5, 0.6) is 0 Å². The first-order valence-electron chi connectivity index (χ1n) is 10.5. The summed E-state index contributed by atoms with van der Waals surface area (Å²) in [6, 6.07) is 21.5. The van der Waals surface area contributed by atoms with E-state index in [1.165, 1.54) is 0 Å². The van der Waals surface area contributed by atoms with Crippen LogP contribution >= 0.6 is 0 Å². The summed E-state index contributed by atoms with van der Waals surface area (Å²) in [5, 5.41) is 13.9. The van der Waals surface area contributed by atoms with Crippen LogP contribution in [-0.2, 0) is 27.3 Å². The molecule has 2 heterocycles. The number of nitrogens with zero attached hydrogens (tertiary/aromatic N) is 2. The van der Waals surface area contributed by atoms with Gasteiger partial charge in [-0.25, -0.2) is 0 Å². The molecule has 164 valence electrons. The second-order valence-electron chi connectivity index (χ2n) is 7.70. The highest BCUT2D eigenvalue weighted by molar-refractivity contribution is 5.92. The van der Waals surface area contributed by atoms with Gasteiger partial charge in [0.25, 0.3) is 0 Å². The van der Waals surface area contributed by atoms with Crippen LogP contribution in [0.2, 0.25) is 0 Å². The number of amides is 2. The smallest absolute Gasteiger partial charge is 0.249 e. The lowest BCUT2D eigenvalue weighted by atomic mass is 9.99. The number of aliphatic hydroxyl groups excluding tert-OH is 1. The summed E-state index contributed by atoms with van der Waals surface area (Å²) in [4.78, 5) is 30.7. The van der Waals surface area contributed by atoms with Gasteiger partial charge in [0.15, 0.2) is 0 Å². The number of hydrogen-bond donors (Lipinski definition) is 2. The lowest BCUT2D eigenvalue weighted by Gasteiger charge is -2.38. The Bertz CT molecular complexity index is 1040. The fourth-order valence-electron chi connectivity index (χ4n) is 3.73. The second-order valence-corrected chi connectivity index (χ2v) is 7.70. The van der Waals surface area contributed by atoms with Gasteiger partial charge >= 0.3 is 0 Å². The summed E-state index contributed by atoms with van der Waals surface area (Å²) in [6.45, 7) is 0.524. The zero-order valence-corrected chi connectivity index (χ0v) is 17.6. The predicted molar refractivity (Wildman–Crippen MR) is 120 cm³/mol. The van der Waals surface area contributed by atoms with Crippen LogP contribution in [0.3, 0.4) is 0 Å². The number of pyridine rings is 1. The zero-order chi connectivity index (χ0) is 22.3.